The van der Waals surface area contributed by atoms with Crippen molar-refractivity contribution in [2.75, 3.05) is 26.7 Å². The van der Waals surface area contributed by atoms with Crippen LogP contribution >= 0.6 is 0 Å². The maximum atomic E-state index is 4.08. The summed E-state index contributed by atoms with van der Waals surface area (Å²) >= 11 is 0. The molecular formula is C5H11N2. The van der Waals surface area contributed by atoms with Gasteiger partial charge in [-0.1, -0.05) is 0 Å². The maximum Gasteiger partial charge on any atom is 0.0186 e. The summed E-state index contributed by atoms with van der Waals surface area (Å²) in [4.78, 5) is 0. The summed E-state index contributed by atoms with van der Waals surface area (Å²) < 4.78 is 0. The predicted molar refractivity (Wildman–Crippen MR) is 29.3 cm³/mol. The Labute approximate surface area is 44.3 Å². The zero-order valence-electron chi connectivity index (χ0n) is 4.65. The van der Waals surface area contributed by atoms with Crippen LogP contribution < -0.4 is 10.6 Å². The van der Waals surface area contributed by atoms with Gasteiger partial charge in [0.1, 0.15) is 0 Å². The molecule has 1 heterocycles. The molecule has 1 aliphatic heterocycles. The summed E-state index contributed by atoms with van der Waals surface area (Å²) in [6.07, 6.45) is 0. The van der Waals surface area contributed by atoms with Gasteiger partial charge < -0.3 is 5.32 Å². The van der Waals surface area contributed by atoms with Crippen LogP contribution in [0.1, 0.15) is 0 Å². The highest BCUT2D eigenvalue weighted by atomic mass is 15.0. The predicted octanol–water partition coefficient (Wildman–Crippen LogP) is -0.560. The average Bonchev–Trinajstić information content (AvgIpc) is 1.55. The number of nitrogens with zero attached hydrogens (tertiary/aromatic N) is 1. The minimum absolute atomic E-state index is 0.852. The smallest absolute Gasteiger partial charge is 0.0186 e. The van der Waals surface area contributed by atoms with Gasteiger partial charge >= 0.3 is 0 Å². The molecule has 1 saturated heterocycles. The van der Waals surface area contributed by atoms with Crippen molar-refractivity contribution < 1.29 is 0 Å². The van der Waals surface area contributed by atoms with Gasteiger partial charge in [0.15, 0.2) is 0 Å². The van der Waals surface area contributed by atoms with E-state index in [1.165, 1.54) is 0 Å². The second-order valence-corrected chi connectivity index (χ2v) is 2.01. The SMILES string of the molecule is CNCC1C[N]C1. The van der Waals surface area contributed by atoms with Crippen molar-refractivity contribution in [3.63, 3.8) is 0 Å². The first kappa shape index (κ1) is 5.06. The molecule has 0 aromatic rings. The molecule has 1 rings (SSSR count). The molecule has 0 spiro atoms. The molecule has 1 fully saturated rings. The Balaban J connectivity index is 1.93. The lowest BCUT2D eigenvalue weighted by Crippen LogP contribution is -2.41. The first-order chi connectivity index (χ1) is 3.43. The average molecular weight is 99.2 g/mol. The van der Waals surface area contributed by atoms with Crippen LogP contribution in [-0.4, -0.2) is 26.7 Å². The van der Waals surface area contributed by atoms with E-state index in [-0.39, 0.29) is 0 Å². The molecule has 0 bridgehead atoms. The molecule has 7 heavy (non-hydrogen) atoms. The summed E-state index contributed by atoms with van der Waals surface area (Å²) in [5.41, 5.74) is 0. The van der Waals surface area contributed by atoms with Gasteiger partial charge in [0.2, 0.25) is 0 Å². The molecule has 1 radical (unpaired) electrons. The van der Waals surface area contributed by atoms with Crippen molar-refractivity contribution in [3.05, 3.63) is 0 Å². The number of nitrogens with one attached hydrogen (secondary N) is 1. The monoisotopic (exact) mass is 99.1 g/mol. The molecule has 2 nitrogen and oxygen atoms in total. The Bertz CT molecular complexity index is 50.0. The number of hydrogen-bond acceptors (Lipinski definition) is 1. The highest BCUT2D eigenvalue weighted by Gasteiger charge is 2.15. The third kappa shape index (κ3) is 1.14. The van der Waals surface area contributed by atoms with Gasteiger partial charge in [0, 0.05) is 19.6 Å². The lowest BCUT2D eigenvalue weighted by atomic mass is 10.0. The second-order valence-electron chi connectivity index (χ2n) is 2.01. The van der Waals surface area contributed by atoms with E-state index < -0.39 is 0 Å². The van der Waals surface area contributed by atoms with Crippen LogP contribution in [0.4, 0.5) is 0 Å². The topological polar surface area (TPSA) is 26.1 Å². The first-order valence-electron chi connectivity index (χ1n) is 2.71. The van der Waals surface area contributed by atoms with E-state index in [0.29, 0.717) is 0 Å². The van der Waals surface area contributed by atoms with Crippen molar-refractivity contribution in [1.29, 1.82) is 0 Å². The van der Waals surface area contributed by atoms with Crippen LogP contribution in [0.25, 0.3) is 0 Å². The van der Waals surface area contributed by atoms with Gasteiger partial charge in [-0.15, -0.1) is 0 Å². The van der Waals surface area contributed by atoms with Gasteiger partial charge in [-0.05, 0) is 13.0 Å². The highest BCUT2D eigenvalue weighted by Crippen LogP contribution is 2.00. The standard InChI is InChI=1S/C5H11N2/c1-6-2-5-3-7-4-5/h5-6H,2-4H2,1H3. The molecule has 0 aliphatic carbocycles. The van der Waals surface area contributed by atoms with E-state index in [4.69, 9.17) is 0 Å². The molecule has 0 aromatic heterocycles. The summed E-state index contributed by atoms with van der Waals surface area (Å²) in [5, 5.41) is 7.19. The normalized spacial score (nSPS) is 21.9. The van der Waals surface area contributed by atoms with Crippen molar-refractivity contribution >= 4 is 0 Å². The van der Waals surface area contributed by atoms with Crippen molar-refractivity contribution in [2.45, 2.75) is 0 Å². The highest BCUT2D eigenvalue weighted by molar-refractivity contribution is 4.74. The fourth-order valence-electron chi connectivity index (χ4n) is 0.729. The molecule has 1 aliphatic rings. The van der Waals surface area contributed by atoms with Gasteiger partial charge in [0.25, 0.3) is 0 Å². The van der Waals surface area contributed by atoms with Gasteiger partial charge in [-0.25, -0.2) is 5.32 Å². The number of hydrogen-bond donors (Lipinski definition) is 1. The third-order valence-electron chi connectivity index (χ3n) is 1.27. The van der Waals surface area contributed by atoms with Crippen molar-refractivity contribution in [1.82, 2.24) is 10.6 Å². The van der Waals surface area contributed by atoms with Crippen LogP contribution in [-0.2, 0) is 0 Å². The molecule has 2 heteroatoms. The zero-order chi connectivity index (χ0) is 5.11. The van der Waals surface area contributed by atoms with Gasteiger partial charge in [-0.3, -0.25) is 0 Å². The van der Waals surface area contributed by atoms with Crippen LogP contribution in [0.2, 0.25) is 0 Å². The molecule has 0 saturated carbocycles. The zero-order valence-corrected chi connectivity index (χ0v) is 4.65. The second kappa shape index (κ2) is 2.28. The molecule has 0 aromatic carbocycles. The Hall–Kier alpha value is -0.0800. The molecule has 0 atom stereocenters. The van der Waals surface area contributed by atoms with Gasteiger partial charge in [0.05, 0.1) is 0 Å². The van der Waals surface area contributed by atoms with E-state index in [0.717, 1.165) is 25.6 Å². The van der Waals surface area contributed by atoms with E-state index in [2.05, 4.69) is 10.6 Å². The van der Waals surface area contributed by atoms with Crippen LogP contribution in [0, 0.1) is 5.92 Å². The third-order valence-corrected chi connectivity index (χ3v) is 1.27. The minimum atomic E-state index is 0.852. The largest absolute Gasteiger partial charge is 0.319 e. The lowest BCUT2D eigenvalue weighted by Gasteiger charge is -2.24. The summed E-state index contributed by atoms with van der Waals surface area (Å²) in [5.74, 6) is 0.852. The minimum Gasteiger partial charge on any atom is -0.319 e. The van der Waals surface area contributed by atoms with Crippen molar-refractivity contribution in [3.8, 4) is 0 Å². The Morgan fingerprint density at radius 3 is 2.57 bits per heavy atom. The molecular weight excluding hydrogens is 88.1 g/mol. The maximum absolute atomic E-state index is 4.08. The molecule has 41 valence electrons. The molecule has 0 unspecified atom stereocenters. The van der Waals surface area contributed by atoms with Gasteiger partial charge in [-0.2, -0.15) is 0 Å². The summed E-state index contributed by atoms with van der Waals surface area (Å²) in [7, 11) is 1.98. The van der Waals surface area contributed by atoms with E-state index >= 15 is 0 Å². The number of rotatable bonds is 2. The van der Waals surface area contributed by atoms with Crippen LogP contribution in [0.3, 0.4) is 0 Å². The van der Waals surface area contributed by atoms with E-state index in [9.17, 15) is 0 Å². The van der Waals surface area contributed by atoms with Crippen LogP contribution in [0.5, 0.6) is 0 Å². The van der Waals surface area contributed by atoms with E-state index in [1.54, 1.807) is 0 Å². The Kier molecular flexibility index (Phi) is 1.65. The molecule has 0 amide bonds. The van der Waals surface area contributed by atoms with Crippen molar-refractivity contribution in [2.24, 2.45) is 5.92 Å². The quantitative estimate of drug-likeness (QED) is 0.493. The fraction of sp³-hybridized carbons (Fsp3) is 1.00. The lowest BCUT2D eigenvalue weighted by molar-refractivity contribution is 0.332. The fourth-order valence-corrected chi connectivity index (χ4v) is 0.729. The first-order valence-corrected chi connectivity index (χ1v) is 2.71. The summed E-state index contributed by atoms with van der Waals surface area (Å²) in [6.45, 7) is 3.31. The Morgan fingerprint density at radius 2 is 2.43 bits per heavy atom. The Morgan fingerprint density at radius 1 is 1.71 bits per heavy atom. The van der Waals surface area contributed by atoms with E-state index in [1.807, 2.05) is 7.05 Å². The summed E-state index contributed by atoms with van der Waals surface area (Å²) in [6, 6.07) is 0. The molecule has 1 N–H and O–H groups in total. The van der Waals surface area contributed by atoms with Crippen LogP contribution in [0.15, 0.2) is 0 Å².